The Kier molecular flexibility index (Phi) is 9.69. The molecule has 3 aromatic carbocycles. The Labute approximate surface area is 250 Å². The van der Waals surface area contributed by atoms with Crippen molar-refractivity contribution in [1.82, 2.24) is 20.2 Å². The maximum absolute atomic E-state index is 13.0. The average Bonchev–Trinajstić information content (AvgIpc) is 3.34. The van der Waals surface area contributed by atoms with Crippen molar-refractivity contribution < 1.29 is 19.1 Å². The summed E-state index contributed by atoms with van der Waals surface area (Å²) in [5.41, 5.74) is 6.81. The molecule has 1 aromatic heterocycles. The quantitative estimate of drug-likeness (QED) is 0.208. The molecule has 0 atom stereocenters. The van der Waals surface area contributed by atoms with Gasteiger partial charge in [-0.15, -0.1) is 0 Å². The van der Waals surface area contributed by atoms with Crippen molar-refractivity contribution in [2.75, 3.05) is 31.8 Å². The Morgan fingerprint density at radius 2 is 1.81 bits per heavy atom. The Balaban J connectivity index is 1.39. The minimum atomic E-state index is -0.393. The van der Waals surface area contributed by atoms with Gasteiger partial charge in [-0.1, -0.05) is 36.0 Å². The predicted octanol–water partition coefficient (Wildman–Crippen LogP) is 4.64. The molecule has 9 nitrogen and oxygen atoms in total. The van der Waals surface area contributed by atoms with Crippen LogP contribution in [0.5, 0.6) is 5.75 Å². The topological polar surface area (TPSA) is 106 Å². The van der Waals surface area contributed by atoms with Crippen molar-refractivity contribution in [3.05, 3.63) is 88.5 Å². The molecule has 0 fully saturated rings. The number of imidazole rings is 1. The number of aromatic nitrogens is 2. The van der Waals surface area contributed by atoms with Gasteiger partial charge >= 0.3 is 0 Å². The summed E-state index contributed by atoms with van der Waals surface area (Å²) in [5, 5.41) is 6.12. The second-order valence-corrected chi connectivity index (χ2v) is 10.6. The number of carbonyl (C=O) groups is 3. The van der Waals surface area contributed by atoms with Crippen molar-refractivity contribution >= 4 is 52.3 Å². The van der Waals surface area contributed by atoms with Crippen molar-refractivity contribution in [2.24, 2.45) is 7.05 Å². The van der Waals surface area contributed by atoms with Crippen molar-refractivity contribution in [3.63, 3.8) is 0 Å². The van der Waals surface area contributed by atoms with Crippen molar-refractivity contribution in [1.29, 1.82) is 0 Å². The van der Waals surface area contributed by atoms with E-state index in [4.69, 9.17) is 9.72 Å². The smallest absolute Gasteiger partial charge is 0.251 e. The van der Waals surface area contributed by atoms with Gasteiger partial charge in [-0.3, -0.25) is 14.4 Å². The van der Waals surface area contributed by atoms with E-state index >= 15 is 0 Å². The lowest BCUT2D eigenvalue weighted by Crippen LogP contribution is -2.38. The first-order chi connectivity index (χ1) is 20.1. The molecule has 0 saturated heterocycles. The van der Waals surface area contributed by atoms with E-state index in [9.17, 15) is 14.4 Å². The standard InChI is InChI=1S/C32H35N5O4S/c1-20-10-16-25(21(2)24(20)19-41-27-9-7-8-26-30(27)35-32(42-6)37(26)5)36(4)29(39)18-34-28(38)17-13-22-11-14-23(15-12-22)31(40)33-3/h7-17H,18-19H2,1-6H3,(H,33,40)(H,34,38)/b17-13+. The Morgan fingerprint density at radius 3 is 2.50 bits per heavy atom. The highest BCUT2D eigenvalue weighted by atomic mass is 32.2. The van der Waals surface area contributed by atoms with Crippen LogP contribution in [-0.2, 0) is 23.2 Å². The number of nitrogens with one attached hydrogen (secondary N) is 2. The first-order valence-corrected chi connectivity index (χ1v) is 14.6. The van der Waals surface area contributed by atoms with Gasteiger partial charge in [0, 0.05) is 38.5 Å². The highest BCUT2D eigenvalue weighted by Crippen LogP contribution is 2.31. The van der Waals surface area contributed by atoms with E-state index in [2.05, 4.69) is 10.6 Å². The fraction of sp³-hybridized carbons (Fsp3) is 0.250. The van der Waals surface area contributed by atoms with E-state index < -0.39 is 5.91 Å². The number of aryl methyl sites for hydroxylation is 2. The lowest BCUT2D eigenvalue weighted by atomic mass is 10.0. The van der Waals surface area contributed by atoms with Gasteiger partial charge in [-0.05, 0) is 78.8 Å². The van der Waals surface area contributed by atoms with Crippen LogP contribution in [0.1, 0.15) is 32.6 Å². The number of para-hydroxylation sites is 1. The Morgan fingerprint density at radius 1 is 1.07 bits per heavy atom. The summed E-state index contributed by atoms with van der Waals surface area (Å²) in [6, 6.07) is 16.6. The first-order valence-electron chi connectivity index (χ1n) is 13.4. The third-order valence-corrected chi connectivity index (χ3v) is 7.90. The predicted molar refractivity (Wildman–Crippen MR) is 168 cm³/mol. The zero-order valence-corrected chi connectivity index (χ0v) is 25.5. The van der Waals surface area contributed by atoms with Crippen LogP contribution in [0.25, 0.3) is 17.1 Å². The zero-order valence-electron chi connectivity index (χ0n) is 24.6. The van der Waals surface area contributed by atoms with E-state index in [0.717, 1.165) is 44.1 Å². The van der Waals surface area contributed by atoms with Gasteiger partial charge in [0.25, 0.3) is 5.91 Å². The Hall–Kier alpha value is -4.57. The van der Waals surface area contributed by atoms with E-state index in [1.165, 1.54) is 6.08 Å². The number of thioether (sulfide) groups is 1. The molecule has 0 radical (unpaired) electrons. The molecule has 42 heavy (non-hydrogen) atoms. The van der Waals surface area contributed by atoms with Gasteiger partial charge in [-0.2, -0.15) is 0 Å². The number of benzene rings is 3. The van der Waals surface area contributed by atoms with E-state index in [0.29, 0.717) is 17.9 Å². The molecule has 10 heteroatoms. The lowest BCUT2D eigenvalue weighted by molar-refractivity contribution is -0.122. The maximum atomic E-state index is 13.0. The number of fused-ring (bicyclic) bond motifs is 1. The summed E-state index contributed by atoms with van der Waals surface area (Å²) < 4.78 is 8.31. The van der Waals surface area contributed by atoms with E-state index in [1.54, 1.807) is 61.1 Å². The summed E-state index contributed by atoms with van der Waals surface area (Å²) in [6.45, 7) is 4.15. The van der Waals surface area contributed by atoms with Crippen LogP contribution in [0.2, 0.25) is 0 Å². The van der Waals surface area contributed by atoms with Crippen LogP contribution >= 0.6 is 11.8 Å². The molecule has 0 aliphatic carbocycles. The highest BCUT2D eigenvalue weighted by Gasteiger charge is 2.18. The highest BCUT2D eigenvalue weighted by molar-refractivity contribution is 7.98. The van der Waals surface area contributed by atoms with Crippen LogP contribution in [0.4, 0.5) is 5.69 Å². The molecule has 218 valence electrons. The van der Waals surface area contributed by atoms with Gasteiger partial charge in [0.05, 0.1) is 12.1 Å². The minimum Gasteiger partial charge on any atom is -0.487 e. The molecule has 4 aromatic rings. The summed E-state index contributed by atoms with van der Waals surface area (Å²) in [4.78, 5) is 43.3. The summed E-state index contributed by atoms with van der Waals surface area (Å²) in [5.74, 6) is -0.125. The molecule has 0 unspecified atom stereocenters. The number of hydrogen-bond acceptors (Lipinski definition) is 6. The van der Waals surface area contributed by atoms with Crippen LogP contribution in [-0.4, -0.2) is 54.2 Å². The summed E-state index contributed by atoms with van der Waals surface area (Å²) in [6.07, 6.45) is 4.98. The van der Waals surface area contributed by atoms with E-state index in [-0.39, 0.29) is 18.4 Å². The SMILES string of the molecule is CNC(=O)c1ccc(/C=C/C(=O)NCC(=O)N(C)c2ccc(C)c(COc3cccc4c3nc(SC)n4C)c2C)cc1. The Bertz CT molecular complexity index is 1660. The first kappa shape index (κ1) is 30.4. The van der Waals surface area contributed by atoms with Gasteiger partial charge in [-0.25, -0.2) is 4.98 Å². The van der Waals surface area contributed by atoms with E-state index in [1.807, 2.05) is 62.0 Å². The van der Waals surface area contributed by atoms with Crippen LogP contribution < -0.4 is 20.3 Å². The van der Waals surface area contributed by atoms with Crippen molar-refractivity contribution in [3.8, 4) is 5.75 Å². The van der Waals surface area contributed by atoms with Crippen molar-refractivity contribution in [2.45, 2.75) is 25.6 Å². The number of carbonyl (C=O) groups excluding carboxylic acids is 3. The molecule has 2 N–H and O–H groups in total. The number of anilines is 1. The number of ether oxygens (including phenoxy) is 1. The fourth-order valence-electron chi connectivity index (χ4n) is 4.62. The molecule has 4 rings (SSSR count). The largest absolute Gasteiger partial charge is 0.487 e. The molecule has 0 aliphatic heterocycles. The molecule has 0 spiro atoms. The normalized spacial score (nSPS) is 11.1. The molecule has 3 amide bonds. The monoisotopic (exact) mass is 585 g/mol. The third-order valence-electron chi connectivity index (χ3n) is 7.17. The van der Waals surface area contributed by atoms with Crippen LogP contribution in [0.15, 0.2) is 65.8 Å². The molecule has 0 aliphatic rings. The number of amides is 3. The minimum absolute atomic E-state index is 0.159. The van der Waals surface area contributed by atoms with Crippen LogP contribution in [0.3, 0.4) is 0 Å². The molecular weight excluding hydrogens is 550 g/mol. The third kappa shape index (κ3) is 6.66. The average molecular weight is 586 g/mol. The number of nitrogens with zero attached hydrogens (tertiary/aromatic N) is 3. The van der Waals surface area contributed by atoms with Gasteiger partial charge in [0.2, 0.25) is 11.8 Å². The second-order valence-electron chi connectivity index (χ2n) is 9.78. The second kappa shape index (κ2) is 13.4. The maximum Gasteiger partial charge on any atom is 0.251 e. The fourth-order valence-corrected chi connectivity index (χ4v) is 5.17. The summed E-state index contributed by atoms with van der Waals surface area (Å²) >= 11 is 1.58. The van der Waals surface area contributed by atoms with Gasteiger partial charge in [0.1, 0.15) is 17.9 Å². The zero-order chi connectivity index (χ0) is 30.4. The molecule has 0 bridgehead atoms. The van der Waals surface area contributed by atoms with Crippen LogP contribution in [0, 0.1) is 13.8 Å². The van der Waals surface area contributed by atoms with Gasteiger partial charge < -0.3 is 24.8 Å². The van der Waals surface area contributed by atoms with Gasteiger partial charge in [0.15, 0.2) is 5.16 Å². The molecular formula is C32H35N5O4S. The number of likely N-dealkylation sites (N-methyl/N-ethyl adjacent to an activating group) is 1. The molecule has 0 saturated carbocycles. The summed E-state index contributed by atoms with van der Waals surface area (Å²) in [7, 11) is 5.25. The number of rotatable bonds is 10. The lowest BCUT2D eigenvalue weighted by Gasteiger charge is -2.23. The molecule has 1 heterocycles. The number of hydrogen-bond donors (Lipinski definition) is 2.